The lowest BCUT2D eigenvalue weighted by atomic mass is 9.88. The van der Waals surface area contributed by atoms with E-state index in [1.54, 1.807) is 6.92 Å². The van der Waals surface area contributed by atoms with Crippen LogP contribution in [0.15, 0.2) is 0 Å². The van der Waals surface area contributed by atoms with E-state index in [4.69, 9.17) is 5.11 Å². The molecule has 0 aromatic heterocycles. The lowest BCUT2D eigenvalue weighted by Gasteiger charge is -2.24. The van der Waals surface area contributed by atoms with Crippen molar-refractivity contribution >= 4 is 10.2 Å². The third-order valence-electron chi connectivity index (χ3n) is 2.09. The first-order valence-corrected chi connectivity index (χ1v) is 6.66. The average molecular weight is 238 g/mol. The summed E-state index contributed by atoms with van der Waals surface area (Å²) < 4.78 is 27.4. The van der Waals surface area contributed by atoms with Crippen molar-refractivity contribution in [3.8, 4) is 0 Å². The maximum absolute atomic E-state index is 11.3. The zero-order valence-corrected chi connectivity index (χ0v) is 10.5. The summed E-state index contributed by atoms with van der Waals surface area (Å²) in [6.07, 6.45) is 1.48. The molecule has 0 unspecified atom stereocenters. The Kier molecular flexibility index (Phi) is 6.35. The van der Waals surface area contributed by atoms with Gasteiger partial charge in [-0.1, -0.05) is 20.8 Å². The van der Waals surface area contributed by atoms with E-state index in [0.717, 1.165) is 6.42 Å². The first kappa shape index (κ1) is 14.8. The molecule has 6 heteroatoms. The molecule has 0 aromatic rings. The molecule has 0 saturated heterocycles. The van der Waals surface area contributed by atoms with Gasteiger partial charge in [-0.05, 0) is 18.3 Å². The molecule has 0 bridgehead atoms. The SMILES string of the molecule is CCNS(=O)(=O)NCC(C)(C)CCCO. The predicted octanol–water partition coefficient (Wildman–Crippen LogP) is 0.229. The van der Waals surface area contributed by atoms with Crippen molar-refractivity contribution in [1.29, 1.82) is 0 Å². The fraction of sp³-hybridized carbons (Fsp3) is 1.00. The van der Waals surface area contributed by atoms with Crippen LogP contribution in [0.2, 0.25) is 0 Å². The van der Waals surface area contributed by atoms with Crippen LogP contribution in [-0.2, 0) is 10.2 Å². The first-order valence-electron chi connectivity index (χ1n) is 5.18. The van der Waals surface area contributed by atoms with Crippen LogP contribution in [0.1, 0.15) is 33.6 Å². The van der Waals surface area contributed by atoms with Crippen LogP contribution < -0.4 is 9.44 Å². The third kappa shape index (κ3) is 7.72. The van der Waals surface area contributed by atoms with Crippen LogP contribution in [0.5, 0.6) is 0 Å². The second kappa shape index (κ2) is 6.42. The standard InChI is InChI=1S/C9H22N2O3S/c1-4-10-15(13,14)11-8-9(2,3)6-5-7-12/h10-12H,4-8H2,1-3H3. The highest BCUT2D eigenvalue weighted by atomic mass is 32.2. The molecule has 5 nitrogen and oxygen atoms in total. The molecule has 0 amide bonds. The van der Waals surface area contributed by atoms with Crippen molar-refractivity contribution in [3.63, 3.8) is 0 Å². The molecule has 0 aliphatic rings. The summed E-state index contributed by atoms with van der Waals surface area (Å²) in [5.41, 5.74) is -0.134. The molecular formula is C9H22N2O3S. The van der Waals surface area contributed by atoms with Gasteiger partial charge in [0.15, 0.2) is 0 Å². The molecule has 0 saturated carbocycles. The molecule has 92 valence electrons. The van der Waals surface area contributed by atoms with E-state index >= 15 is 0 Å². The fourth-order valence-corrected chi connectivity index (χ4v) is 2.24. The molecular weight excluding hydrogens is 216 g/mol. The average Bonchev–Trinajstić information content (AvgIpc) is 2.12. The largest absolute Gasteiger partial charge is 0.396 e. The number of hydrogen-bond donors (Lipinski definition) is 3. The summed E-state index contributed by atoms with van der Waals surface area (Å²) in [7, 11) is -3.35. The summed E-state index contributed by atoms with van der Waals surface area (Å²) >= 11 is 0. The van der Waals surface area contributed by atoms with Crippen LogP contribution in [0.4, 0.5) is 0 Å². The number of rotatable bonds is 8. The molecule has 0 aliphatic heterocycles. The zero-order chi connectivity index (χ0) is 11.9. The third-order valence-corrected chi connectivity index (χ3v) is 3.28. The minimum atomic E-state index is -3.35. The highest BCUT2D eigenvalue weighted by Gasteiger charge is 2.20. The maximum atomic E-state index is 11.3. The van der Waals surface area contributed by atoms with E-state index in [1.165, 1.54) is 0 Å². The van der Waals surface area contributed by atoms with Gasteiger partial charge in [0, 0.05) is 19.7 Å². The Hall–Kier alpha value is -0.170. The van der Waals surface area contributed by atoms with Gasteiger partial charge in [0.2, 0.25) is 0 Å². The van der Waals surface area contributed by atoms with Gasteiger partial charge in [-0.15, -0.1) is 0 Å². The molecule has 0 fully saturated rings. The monoisotopic (exact) mass is 238 g/mol. The molecule has 0 aromatic carbocycles. The van der Waals surface area contributed by atoms with Gasteiger partial charge < -0.3 is 5.11 Å². The summed E-state index contributed by atoms with van der Waals surface area (Å²) in [6.45, 7) is 6.57. The highest BCUT2D eigenvalue weighted by molar-refractivity contribution is 7.87. The van der Waals surface area contributed by atoms with Crippen molar-refractivity contribution in [2.75, 3.05) is 19.7 Å². The molecule has 15 heavy (non-hydrogen) atoms. The van der Waals surface area contributed by atoms with E-state index in [0.29, 0.717) is 19.5 Å². The Morgan fingerprint density at radius 3 is 2.33 bits per heavy atom. The van der Waals surface area contributed by atoms with Gasteiger partial charge >= 0.3 is 0 Å². The quantitative estimate of drug-likeness (QED) is 0.566. The van der Waals surface area contributed by atoms with Crippen LogP contribution in [0, 0.1) is 5.41 Å². The van der Waals surface area contributed by atoms with Crippen LogP contribution >= 0.6 is 0 Å². The Bertz CT molecular complexity index is 263. The molecule has 0 aliphatic carbocycles. The van der Waals surface area contributed by atoms with Crippen molar-refractivity contribution in [1.82, 2.24) is 9.44 Å². The maximum Gasteiger partial charge on any atom is 0.276 e. The number of nitrogens with one attached hydrogen (secondary N) is 2. The normalized spacial score (nSPS) is 13.1. The second-order valence-electron chi connectivity index (χ2n) is 4.31. The van der Waals surface area contributed by atoms with Gasteiger partial charge in [0.05, 0.1) is 0 Å². The van der Waals surface area contributed by atoms with Gasteiger partial charge in [-0.3, -0.25) is 0 Å². The van der Waals surface area contributed by atoms with E-state index in [2.05, 4.69) is 9.44 Å². The summed E-state index contributed by atoms with van der Waals surface area (Å²) in [4.78, 5) is 0. The van der Waals surface area contributed by atoms with Crippen LogP contribution in [-0.4, -0.2) is 33.2 Å². The summed E-state index contributed by atoms with van der Waals surface area (Å²) in [6, 6.07) is 0. The molecule has 0 radical (unpaired) electrons. The molecule has 0 spiro atoms. The smallest absolute Gasteiger partial charge is 0.276 e. The van der Waals surface area contributed by atoms with E-state index in [9.17, 15) is 8.42 Å². The first-order chi connectivity index (χ1) is 6.83. The van der Waals surface area contributed by atoms with Gasteiger partial charge in [-0.25, -0.2) is 9.44 Å². The Morgan fingerprint density at radius 1 is 1.27 bits per heavy atom. The predicted molar refractivity (Wildman–Crippen MR) is 60.7 cm³/mol. The lowest BCUT2D eigenvalue weighted by Crippen LogP contribution is -2.41. The minimum absolute atomic E-state index is 0.134. The molecule has 0 atom stereocenters. The van der Waals surface area contributed by atoms with Crippen molar-refractivity contribution < 1.29 is 13.5 Å². The lowest BCUT2D eigenvalue weighted by molar-refractivity contribution is 0.242. The topological polar surface area (TPSA) is 78.4 Å². The summed E-state index contributed by atoms with van der Waals surface area (Å²) in [5.74, 6) is 0. The van der Waals surface area contributed by atoms with Gasteiger partial charge in [-0.2, -0.15) is 8.42 Å². The number of aliphatic hydroxyl groups excluding tert-OH is 1. The Labute approximate surface area is 92.4 Å². The van der Waals surface area contributed by atoms with Crippen molar-refractivity contribution in [2.45, 2.75) is 33.6 Å². The zero-order valence-electron chi connectivity index (χ0n) is 9.71. The van der Waals surface area contributed by atoms with Crippen LogP contribution in [0.3, 0.4) is 0 Å². The van der Waals surface area contributed by atoms with Crippen molar-refractivity contribution in [3.05, 3.63) is 0 Å². The van der Waals surface area contributed by atoms with Gasteiger partial charge in [0.25, 0.3) is 10.2 Å². The molecule has 0 heterocycles. The second-order valence-corrected chi connectivity index (χ2v) is 5.90. The molecule has 0 rings (SSSR count). The Morgan fingerprint density at radius 2 is 1.87 bits per heavy atom. The highest BCUT2D eigenvalue weighted by Crippen LogP contribution is 2.20. The van der Waals surface area contributed by atoms with Crippen molar-refractivity contribution in [2.24, 2.45) is 5.41 Å². The fourth-order valence-electron chi connectivity index (χ4n) is 1.18. The van der Waals surface area contributed by atoms with E-state index < -0.39 is 10.2 Å². The minimum Gasteiger partial charge on any atom is -0.396 e. The van der Waals surface area contributed by atoms with E-state index in [1.807, 2.05) is 13.8 Å². The van der Waals surface area contributed by atoms with Gasteiger partial charge in [0.1, 0.15) is 0 Å². The summed E-state index contributed by atoms with van der Waals surface area (Å²) in [5, 5.41) is 8.69. The molecule has 3 N–H and O–H groups in total. The Balaban J connectivity index is 4.02. The van der Waals surface area contributed by atoms with Crippen LogP contribution in [0.25, 0.3) is 0 Å². The number of hydrogen-bond acceptors (Lipinski definition) is 3. The van der Waals surface area contributed by atoms with E-state index in [-0.39, 0.29) is 12.0 Å². The number of aliphatic hydroxyl groups is 1.